The van der Waals surface area contributed by atoms with Crippen molar-refractivity contribution >= 4 is 37.4 Å². The third-order valence-electron chi connectivity index (χ3n) is 4.91. The molecule has 1 aliphatic rings. The number of nitrogens with zero attached hydrogens (tertiary/aromatic N) is 1. The van der Waals surface area contributed by atoms with Gasteiger partial charge in [0.1, 0.15) is 5.75 Å². The van der Waals surface area contributed by atoms with E-state index in [0.717, 1.165) is 10.1 Å². The molecule has 152 valence electrons. The van der Waals surface area contributed by atoms with Crippen LogP contribution in [0.2, 0.25) is 0 Å². The van der Waals surface area contributed by atoms with E-state index < -0.39 is 22.0 Å². The third-order valence-corrected chi connectivity index (χ3v) is 7.99. The molecule has 0 aliphatic carbocycles. The van der Waals surface area contributed by atoms with Gasteiger partial charge in [-0.1, -0.05) is 18.2 Å². The summed E-state index contributed by atoms with van der Waals surface area (Å²) in [6, 6.07) is 13.8. The lowest BCUT2D eigenvalue weighted by Gasteiger charge is -2.32. The van der Waals surface area contributed by atoms with Gasteiger partial charge in [0.2, 0.25) is 10.0 Å². The molecule has 0 saturated carbocycles. The highest BCUT2D eigenvalue weighted by Gasteiger charge is 2.34. The summed E-state index contributed by atoms with van der Waals surface area (Å²) in [5, 5.41) is 0.861. The Morgan fingerprint density at radius 2 is 1.93 bits per heavy atom. The van der Waals surface area contributed by atoms with Crippen LogP contribution in [0.15, 0.2) is 53.4 Å². The molecule has 0 spiro atoms. The van der Waals surface area contributed by atoms with Gasteiger partial charge in [0.25, 0.3) is 5.91 Å². The summed E-state index contributed by atoms with van der Waals surface area (Å²) in [5.41, 5.74) is 6.26. The second-order valence-electron chi connectivity index (χ2n) is 6.60. The van der Waals surface area contributed by atoms with Crippen LogP contribution in [0.1, 0.15) is 21.3 Å². The van der Waals surface area contributed by atoms with Gasteiger partial charge in [-0.25, -0.2) is 8.42 Å². The molecule has 0 bridgehead atoms. The Kier molecular flexibility index (Phi) is 5.30. The number of primary amides is 1. The number of sulfonamides is 1. The Balaban J connectivity index is 1.69. The maximum atomic E-state index is 13.1. The molecular weight excluding hydrogens is 412 g/mol. The predicted molar refractivity (Wildman–Crippen MR) is 111 cm³/mol. The van der Waals surface area contributed by atoms with Crippen LogP contribution in [-0.4, -0.2) is 45.4 Å². The molecule has 1 atom stereocenters. The number of rotatable bonds is 5. The number of carbonyl (C=O) groups is 1. The molecule has 2 aromatic carbocycles. The summed E-state index contributed by atoms with van der Waals surface area (Å²) in [7, 11) is -2.19. The van der Waals surface area contributed by atoms with Crippen molar-refractivity contribution in [2.75, 3.05) is 26.8 Å². The fourth-order valence-corrected chi connectivity index (χ4v) is 6.01. The summed E-state index contributed by atoms with van der Waals surface area (Å²) >= 11 is 1.30. The minimum absolute atomic E-state index is 0.107. The van der Waals surface area contributed by atoms with Crippen molar-refractivity contribution in [1.82, 2.24) is 4.31 Å². The molecule has 2 N–H and O–H groups in total. The number of morpholine rings is 1. The number of benzene rings is 2. The fraction of sp³-hybridized carbons (Fsp3) is 0.250. The Morgan fingerprint density at radius 1 is 1.21 bits per heavy atom. The van der Waals surface area contributed by atoms with E-state index in [9.17, 15) is 13.2 Å². The second-order valence-corrected chi connectivity index (χ2v) is 9.59. The molecule has 7 nitrogen and oxygen atoms in total. The number of thiophene rings is 1. The van der Waals surface area contributed by atoms with Gasteiger partial charge >= 0.3 is 0 Å². The van der Waals surface area contributed by atoms with Gasteiger partial charge in [-0.2, -0.15) is 4.31 Å². The van der Waals surface area contributed by atoms with Crippen molar-refractivity contribution in [1.29, 1.82) is 0 Å². The van der Waals surface area contributed by atoms with Crippen LogP contribution in [0.25, 0.3) is 10.1 Å². The quantitative estimate of drug-likeness (QED) is 0.668. The average Bonchev–Trinajstić information content (AvgIpc) is 3.14. The van der Waals surface area contributed by atoms with Gasteiger partial charge in [-0.3, -0.25) is 4.79 Å². The highest BCUT2D eigenvalue weighted by molar-refractivity contribution is 7.89. The van der Waals surface area contributed by atoms with Gasteiger partial charge in [-0.15, -0.1) is 11.3 Å². The molecule has 3 aromatic rings. The molecule has 1 aromatic heterocycles. The smallest absolute Gasteiger partial charge is 0.259 e. The summed E-state index contributed by atoms with van der Waals surface area (Å²) < 4.78 is 39.5. The van der Waals surface area contributed by atoms with Crippen LogP contribution in [0, 0.1) is 0 Å². The normalized spacial score (nSPS) is 18.0. The maximum absolute atomic E-state index is 13.1. The number of carbonyl (C=O) groups excluding carboxylic acids is 1. The lowest BCUT2D eigenvalue weighted by Crippen LogP contribution is -2.42. The standard InChI is InChI=1S/C20H20N2O5S2/c1-26-13-6-8-14(9-7-13)29(24,25)22-10-11-27-16(12-22)18-15-4-2-3-5-17(15)28-19(18)20(21)23/h2-9,16H,10-12H2,1H3,(H2,21,23). The maximum Gasteiger partial charge on any atom is 0.259 e. The van der Waals surface area contributed by atoms with E-state index in [4.69, 9.17) is 15.2 Å². The number of ether oxygens (including phenoxy) is 2. The van der Waals surface area contributed by atoms with E-state index in [1.807, 2.05) is 24.3 Å². The number of methoxy groups -OCH3 is 1. The van der Waals surface area contributed by atoms with Crippen molar-refractivity contribution < 1.29 is 22.7 Å². The molecule has 1 saturated heterocycles. The topological polar surface area (TPSA) is 98.9 Å². The zero-order valence-corrected chi connectivity index (χ0v) is 17.3. The predicted octanol–water partition coefficient (Wildman–Crippen LogP) is 2.77. The SMILES string of the molecule is COc1ccc(S(=O)(=O)N2CCOC(c3c(C(N)=O)sc4ccccc34)C2)cc1. The Labute approximate surface area is 172 Å². The number of nitrogens with two attached hydrogens (primary N) is 1. The van der Waals surface area contributed by atoms with Crippen LogP contribution in [0.3, 0.4) is 0 Å². The monoisotopic (exact) mass is 432 g/mol. The zero-order valence-electron chi connectivity index (χ0n) is 15.7. The first-order valence-electron chi connectivity index (χ1n) is 8.99. The number of hydrogen-bond donors (Lipinski definition) is 1. The van der Waals surface area contributed by atoms with E-state index in [0.29, 0.717) is 16.2 Å². The van der Waals surface area contributed by atoms with Crippen molar-refractivity contribution in [2.24, 2.45) is 5.73 Å². The highest BCUT2D eigenvalue weighted by atomic mass is 32.2. The van der Waals surface area contributed by atoms with E-state index >= 15 is 0 Å². The summed E-state index contributed by atoms with van der Waals surface area (Å²) in [4.78, 5) is 12.6. The van der Waals surface area contributed by atoms with E-state index in [1.54, 1.807) is 12.1 Å². The minimum atomic E-state index is -3.71. The van der Waals surface area contributed by atoms with Gasteiger partial charge in [-0.05, 0) is 35.7 Å². The largest absolute Gasteiger partial charge is 0.497 e. The Morgan fingerprint density at radius 3 is 2.62 bits per heavy atom. The molecular formula is C20H20N2O5S2. The summed E-state index contributed by atoms with van der Waals surface area (Å²) in [6.07, 6.45) is -0.574. The molecule has 1 unspecified atom stereocenters. The van der Waals surface area contributed by atoms with Crippen molar-refractivity contribution in [3.63, 3.8) is 0 Å². The summed E-state index contributed by atoms with van der Waals surface area (Å²) in [6.45, 7) is 0.566. The van der Waals surface area contributed by atoms with Gasteiger partial charge in [0.15, 0.2) is 0 Å². The van der Waals surface area contributed by atoms with E-state index in [2.05, 4.69) is 0 Å². The molecule has 9 heteroatoms. The molecule has 1 aliphatic heterocycles. The number of amides is 1. The van der Waals surface area contributed by atoms with Crippen LogP contribution in [-0.2, 0) is 14.8 Å². The molecule has 29 heavy (non-hydrogen) atoms. The van der Waals surface area contributed by atoms with Crippen molar-refractivity contribution in [3.8, 4) is 5.75 Å². The number of fused-ring (bicyclic) bond motifs is 1. The van der Waals surface area contributed by atoms with Crippen LogP contribution in [0.4, 0.5) is 0 Å². The van der Waals surface area contributed by atoms with Crippen molar-refractivity contribution in [3.05, 3.63) is 59.0 Å². The zero-order chi connectivity index (χ0) is 20.6. The van der Waals surface area contributed by atoms with E-state index in [1.165, 1.54) is 34.9 Å². The molecule has 1 amide bonds. The first-order chi connectivity index (χ1) is 13.9. The van der Waals surface area contributed by atoms with Gasteiger partial charge in [0, 0.05) is 23.4 Å². The summed E-state index contributed by atoms with van der Waals surface area (Å²) in [5.74, 6) is 0.0413. The number of hydrogen-bond acceptors (Lipinski definition) is 6. The van der Waals surface area contributed by atoms with Crippen LogP contribution in [0.5, 0.6) is 5.75 Å². The molecule has 2 heterocycles. The molecule has 0 radical (unpaired) electrons. The molecule has 1 fully saturated rings. The lowest BCUT2D eigenvalue weighted by molar-refractivity contribution is -0.00188. The first-order valence-corrected chi connectivity index (χ1v) is 11.2. The second kappa shape index (κ2) is 7.75. The minimum Gasteiger partial charge on any atom is -0.497 e. The fourth-order valence-electron chi connectivity index (χ4n) is 3.48. The Bertz CT molecular complexity index is 1160. The molecule has 4 rings (SSSR count). The first kappa shape index (κ1) is 19.8. The van der Waals surface area contributed by atoms with Gasteiger partial charge in [0.05, 0.1) is 29.6 Å². The van der Waals surface area contributed by atoms with Gasteiger partial charge < -0.3 is 15.2 Å². The highest BCUT2D eigenvalue weighted by Crippen LogP contribution is 2.38. The lowest BCUT2D eigenvalue weighted by atomic mass is 10.0. The van der Waals surface area contributed by atoms with Crippen LogP contribution < -0.4 is 10.5 Å². The van der Waals surface area contributed by atoms with Crippen molar-refractivity contribution in [2.45, 2.75) is 11.0 Å². The average molecular weight is 433 g/mol. The van der Waals surface area contributed by atoms with E-state index in [-0.39, 0.29) is 24.6 Å². The van der Waals surface area contributed by atoms with Crippen LogP contribution >= 0.6 is 11.3 Å². The third kappa shape index (κ3) is 3.62. The Hall–Kier alpha value is -2.46.